The van der Waals surface area contributed by atoms with E-state index in [0.29, 0.717) is 23.0 Å². The Morgan fingerprint density at radius 3 is 2.67 bits per heavy atom. The molecule has 0 aliphatic heterocycles. The minimum Gasteiger partial charge on any atom is -0.493 e. The van der Waals surface area contributed by atoms with Crippen LogP contribution in [-0.4, -0.2) is 26.2 Å². The van der Waals surface area contributed by atoms with Crippen LogP contribution in [-0.2, 0) is 4.79 Å². The first kappa shape index (κ1) is 17.9. The number of nitrogens with one attached hydrogen (secondary N) is 1. The number of nitriles is 1. The van der Waals surface area contributed by atoms with Gasteiger partial charge in [-0.2, -0.15) is 5.26 Å². The average molecular weight is 328 g/mol. The van der Waals surface area contributed by atoms with Crippen LogP contribution < -0.4 is 14.8 Å². The SMILES string of the molecule is COc1cccc(/C=C(\C#N)C(=O)NC2CCCCC2C)c1OC. The number of nitrogens with zero attached hydrogens (tertiary/aromatic N) is 1. The maximum atomic E-state index is 12.5. The Hall–Kier alpha value is -2.48. The lowest BCUT2D eigenvalue weighted by Crippen LogP contribution is -2.41. The van der Waals surface area contributed by atoms with Crippen LogP contribution in [0.5, 0.6) is 11.5 Å². The molecule has 1 aromatic rings. The standard InChI is InChI=1S/C19H24N2O3/c1-13-7-4-5-9-16(13)21-19(22)15(12-20)11-14-8-6-10-17(23-2)18(14)24-3/h6,8,10-11,13,16H,4-5,7,9H2,1-3H3,(H,21,22)/b15-11+. The van der Waals surface area contributed by atoms with E-state index < -0.39 is 0 Å². The van der Waals surface area contributed by atoms with Gasteiger partial charge in [-0.1, -0.05) is 31.9 Å². The number of hydrogen-bond donors (Lipinski definition) is 1. The second-order valence-electron chi connectivity index (χ2n) is 6.09. The smallest absolute Gasteiger partial charge is 0.262 e. The van der Waals surface area contributed by atoms with Crippen LogP contribution in [0.2, 0.25) is 0 Å². The minimum absolute atomic E-state index is 0.0688. The third-order valence-electron chi connectivity index (χ3n) is 4.53. The Kier molecular flexibility index (Phi) is 6.25. The summed E-state index contributed by atoms with van der Waals surface area (Å²) in [6.45, 7) is 2.14. The van der Waals surface area contributed by atoms with Crippen molar-refractivity contribution in [3.05, 3.63) is 29.3 Å². The number of carbonyl (C=O) groups is 1. The van der Waals surface area contributed by atoms with Gasteiger partial charge in [-0.05, 0) is 30.9 Å². The molecular weight excluding hydrogens is 304 g/mol. The molecular formula is C19H24N2O3. The molecule has 2 unspecified atom stereocenters. The monoisotopic (exact) mass is 328 g/mol. The predicted octanol–water partition coefficient (Wildman–Crippen LogP) is 3.31. The van der Waals surface area contributed by atoms with Gasteiger partial charge in [-0.3, -0.25) is 4.79 Å². The van der Waals surface area contributed by atoms with E-state index in [2.05, 4.69) is 12.2 Å². The largest absolute Gasteiger partial charge is 0.493 e. The number of para-hydroxylation sites is 1. The highest BCUT2D eigenvalue weighted by molar-refractivity contribution is 6.02. The van der Waals surface area contributed by atoms with Crippen molar-refractivity contribution >= 4 is 12.0 Å². The van der Waals surface area contributed by atoms with Gasteiger partial charge in [0.25, 0.3) is 5.91 Å². The first-order valence-electron chi connectivity index (χ1n) is 8.24. The molecule has 0 bridgehead atoms. The molecule has 1 fully saturated rings. The van der Waals surface area contributed by atoms with Gasteiger partial charge in [0.2, 0.25) is 0 Å². The fraction of sp³-hybridized carbons (Fsp3) is 0.474. The summed E-state index contributed by atoms with van der Waals surface area (Å²) in [4.78, 5) is 12.5. The molecule has 1 aliphatic rings. The fourth-order valence-corrected chi connectivity index (χ4v) is 3.11. The summed E-state index contributed by atoms with van der Waals surface area (Å²) in [5.74, 6) is 1.17. The molecule has 1 saturated carbocycles. The van der Waals surface area contributed by atoms with E-state index in [4.69, 9.17) is 9.47 Å². The second kappa shape index (κ2) is 8.39. The van der Waals surface area contributed by atoms with Crippen molar-refractivity contribution < 1.29 is 14.3 Å². The van der Waals surface area contributed by atoms with Gasteiger partial charge in [-0.15, -0.1) is 0 Å². The van der Waals surface area contributed by atoms with Gasteiger partial charge in [0.15, 0.2) is 11.5 Å². The van der Waals surface area contributed by atoms with Gasteiger partial charge in [0.1, 0.15) is 11.6 Å². The molecule has 2 atom stereocenters. The first-order valence-corrected chi connectivity index (χ1v) is 8.24. The van der Waals surface area contributed by atoms with Gasteiger partial charge in [0.05, 0.1) is 14.2 Å². The van der Waals surface area contributed by atoms with Crippen molar-refractivity contribution in [2.24, 2.45) is 5.92 Å². The first-order chi connectivity index (χ1) is 11.6. The van der Waals surface area contributed by atoms with Crippen LogP contribution in [0.3, 0.4) is 0 Å². The number of carbonyl (C=O) groups excluding carboxylic acids is 1. The number of amides is 1. The average Bonchev–Trinajstić information content (AvgIpc) is 2.60. The van der Waals surface area contributed by atoms with Crippen molar-refractivity contribution in [3.63, 3.8) is 0 Å². The van der Waals surface area contributed by atoms with Crippen LogP contribution in [0.4, 0.5) is 0 Å². The number of ether oxygens (including phenoxy) is 2. The molecule has 1 aliphatic carbocycles. The zero-order chi connectivity index (χ0) is 17.5. The molecule has 24 heavy (non-hydrogen) atoms. The molecule has 1 amide bonds. The summed E-state index contributed by atoms with van der Waals surface area (Å²) >= 11 is 0. The van der Waals surface area contributed by atoms with Gasteiger partial charge in [0, 0.05) is 11.6 Å². The van der Waals surface area contributed by atoms with E-state index in [1.807, 2.05) is 6.07 Å². The summed E-state index contributed by atoms with van der Waals surface area (Å²) in [6, 6.07) is 7.48. The van der Waals surface area contributed by atoms with Crippen LogP contribution in [0.25, 0.3) is 6.08 Å². The van der Waals surface area contributed by atoms with E-state index in [-0.39, 0.29) is 17.5 Å². The molecule has 1 aromatic carbocycles. The maximum absolute atomic E-state index is 12.5. The Bertz CT molecular complexity index is 661. The van der Waals surface area contributed by atoms with Gasteiger partial charge < -0.3 is 14.8 Å². The van der Waals surface area contributed by atoms with Crippen molar-refractivity contribution in [1.82, 2.24) is 5.32 Å². The molecule has 128 valence electrons. The Labute approximate surface area is 143 Å². The van der Waals surface area contributed by atoms with Gasteiger partial charge >= 0.3 is 0 Å². The van der Waals surface area contributed by atoms with Crippen molar-refractivity contribution in [1.29, 1.82) is 5.26 Å². The lowest BCUT2D eigenvalue weighted by atomic mass is 9.86. The predicted molar refractivity (Wildman–Crippen MR) is 92.7 cm³/mol. The van der Waals surface area contributed by atoms with Crippen molar-refractivity contribution in [2.75, 3.05) is 14.2 Å². The van der Waals surface area contributed by atoms with E-state index in [1.54, 1.807) is 31.4 Å². The van der Waals surface area contributed by atoms with E-state index in [0.717, 1.165) is 19.3 Å². The van der Waals surface area contributed by atoms with Crippen LogP contribution in [0.15, 0.2) is 23.8 Å². The Morgan fingerprint density at radius 2 is 2.04 bits per heavy atom. The summed E-state index contributed by atoms with van der Waals surface area (Å²) in [6.07, 6.45) is 5.94. The van der Waals surface area contributed by atoms with Crippen LogP contribution >= 0.6 is 0 Å². The lowest BCUT2D eigenvalue weighted by Gasteiger charge is -2.29. The normalized spacial score (nSPS) is 20.8. The zero-order valence-electron chi connectivity index (χ0n) is 14.5. The molecule has 0 spiro atoms. The highest BCUT2D eigenvalue weighted by Crippen LogP contribution is 2.32. The van der Waals surface area contributed by atoms with Crippen LogP contribution in [0, 0.1) is 17.2 Å². The van der Waals surface area contributed by atoms with E-state index in [9.17, 15) is 10.1 Å². The Balaban J connectivity index is 2.23. The Morgan fingerprint density at radius 1 is 1.29 bits per heavy atom. The summed E-state index contributed by atoms with van der Waals surface area (Å²) < 4.78 is 10.6. The molecule has 5 heteroatoms. The lowest BCUT2D eigenvalue weighted by molar-refractivity contribution is -0.118. The van der Waals surface area contributed by atoms with Crippen molar-refractivity contribution in [2.45, 2.75) is 38.6 Å². The molecule has 5 nitrogen and oxygen atoms in total. The molecule has 0 saturated heterocycles. The molecule has 1 N–H and O–H groups in total. The molecule has 0 heterocycles. The van der Waals surface area contributed by atoms with Crippen molar-refractivity contribution in [3.8, 4) is 17.6 Å². The number of methoxy groups -OCH3 is 2. The van der Waals surface area contributed by atoms with Crippen LogP contribution in [0.1, 0.15) is 38.2 Å². The molecule has 0 aromatic heterocycles. The van der Waals surface area contributed by atoms with E-state index >= 15 is 0 Å². The topological polar surface area (TPSA) is 71.3 Å². The highest BCUT2D eigenvalue weighted by Gasteiger charge is 2.24. The fourth-order valence-electron chi connectivity index (χ4n) is 3.11. The number of hydrogen-bond acceptors (Lipinski definition) is 4. The molecule has 0 radical (unpaired) electrons. The highest BCUT2D eigenvalue weighted by atomic mass is 16.5. The van der Waals surface area contributed by atoms with E-state index in [1.165, 1.54) is 13.5 Å². The summed E-state index contributed by atoms with van der Waals surface area (Å²) in [5.41, 5.74) is 0.708. The third kappa shape index (κ3) is 4.08. The maximum Gasteiger partial charge on any atom is 0.262 e. The van der Waals surface area contributed by atoms with Gasteiger partial charge in [-0.25, -0.2) is 0 Å². The molecule has 2 rings (SSSR count). The third-order valence-corrected chi connectivity index (χ3v) is 4.53. The summed E-state index contributed by atoms with van der Waals surface area (Å²) in [7, 11) is 3.08. The zero-order valence-corrected chi connectivity index (χ0v) is 14.5. The summed E-state index contributed by atoms with van der Waals surface area (Å²) in [5, 5.41) is 12.4. The quantitative estimate of drug-likeness (QED) is 0.665. The number of benzene rings is 1. The second-order valence-corrected chi connectivity index (χ2v) is 6.09. The number of rotatable bonds is 5. The minimum atomic E-state index is -0.332.